The molecule has 0 aromatic heterocycles. The number of hydrogen-bond donors (Lipinski definition) is 3. The molecular weight excluding hydrogens is 414 g/mol. The van der Waals surface area contributed by atoms with E-state index in [1.807, 2.05) is 0 Å². The number of rotatable bonds is 6. The highest BCUT2D eigenvalue weighted by Gasteiger charge is 2.24. The third kappa shape index (κ3) is 4.08. The van der Waals surface area contributed by atoms with Crippen LogP contribution in [-0.2, 0) is 14.9 Å². The standard InChI is InChI=1S/C20H15NO8S/c1-11(22)21-16-6-2-4-12-5-3-7-17(18(12)16)29-30(27,28)13-8-9-14(19(23)24)15(10-13)20(25)26/h2-10H,1H3,(H,21,22)(H,23,24)(H,25,26). The Labute approximate surface area is 170 Å². The molecule has 0 saturated carbocycles. The van der Waals surface area contributed by atoms with Crippen LogP contribution in [0.1, 0.15) is 27.6 Å². The molecule has 9 nitrogen and oxygen atoms in total. The number of amides is 1. The molecule has 0 bridgehead atoms. The Hall–Kier alpha value is -3.92. The number of benzene rings is 3. The van der Waals surface area contributed by atoms with E-state index in [1.165, 1.54) is 13.0 Å². The van der Waals surface area contributed by atoms with Gasteiger partial charge in [0.1, 0.15) is 4.90 Å². The molecule has 0 aliphatic rings. The van der Waals surface area contributed by atoms with E-state index < -0.39 is 38.1 Å². The Balaban J connectivity index is 2.11. The van der Waals surface area contributed by atoms with Gasteiger partial charge in [-0.25, -0.2) is 9.59 Å². The van der Waals surface area contributed by atoms with E-state index in [0.29, 0.717) is 16.5 Å². The van der Waals surface area contributed by atoms with E-state index in [1.54, 1.807) is 30.3 Å². The van der Waals surface area contributed by atoms with Crippen molar-refractivity contribution in [2.75, 3.05) is 5.32 Å². The fourth-order valence-corrected chi connectivity index (χ4v) is 3.85. The summed E-state index contributed by atoms with van der Waals surface area (Å²) in [6.45, 7) is 1.30. The van der Waals surface area contributed by atoms with Crippen molar-refractivity contribution in [1.82, 2.24) is 0 Å². The van der Waals surface area contributed by atoms with E-state index in [-0.39, 0.29) is 11.7 Å². The number of aromatic carboxylic acids is 2. The molecule has 0 aliphatic heterocycles. The topological polar surface area (TPSA) is 147 Å². The van der Waals surface area contributed by atoms with E-state index in [0.717, 1.165) is 18.2 Å². The summed E-state index contributed by atoms with van der Waals surface area (Å²) in [4.78, 5) is 33.5. The lowest BCUT2D eigenvalue weighted by atomic mass is 10.1. The van der Waals surface area contributed by atoms with Crippen LogP contribution in [0.15, 0.2) is 59.5 Å². The van der Waals surface area contributed by atoms with E-state index in [2.05, 4.69) is 5.32 Å². The number of anilines is 1. The van der Waals surface area contributed by atoms with Crippen molar-refractivity contribution in [2.24, 2.45) is 0 Å². The van der Waals surface area contributed by atoms with Crippen LogP contribution < -0.4 is 9.50 Å². The van der Waals surface area contributed by atoms with Crippen molar-refractivity contribution in [3.63, 3.8) is 0 Å². The van der Waals surface area contributed by atoms with Crippen LogP contribution in [0.4, 0.5) is 5.69 Å². The van der Waals surface area contributed by atoms with Crippen LogP contribution in [-0.4, -0.2) is 36.5 Å². The summed E-state index contributed by atoms with van der Waals surface area (Å²) < 4.78 is 30.8. The number of nitrogens with one attached hydrogen (secondary N) is 1. The first-order chi connectivity index (χ1) is 14.1. The van der Waals surface area contributed by atoms with Gasteiger partial charge in [0.25, 0.3) is 0 Å². The van der Waals surface area contributed by atoms with Crippen LogP contribution >= 0.6 is 0 Å². The Morgan fingerprint density at radius 1 is 0.900 bits per heavy atom. The highest BCUT2D eigenvalue weighted by molar-refractivity contribution is 7.87. The third-order valence-electron chi connectivity index (χ3n) is 4.12. The van der Waals surface area contributed by atoms with Crippen molar-refractivity contribution in [3.8, 4) is 5.75 Å². The zero-order valence-electron chi connectivity index (χ0n) is 15.4. The second-order valence-electron chi connectivity index (χ2n) is 6.20. The van der Waals surface area contributed by atoms with Crippen molar-refractivity contribution >= 4 is 44.4 Å². The summed E-state index contributed by atoms with van der Waals surface area (Å²) in [5.74, 6) is -3.56. The molecule has 154 valence electrons. The molecule has 3 aromatic rings. The minimum absolute atomic E-state index is 0.0870. The molecule has 1 amide bonds. The van der Waals surface area contributed by atoms with Crippen LogP contribution in [0.5, 0.6) is 5.75 Å². The highest BCUT2D eigenvalue weighted by atomic mass is 32.2. The molecule has 3 aromatic carbocycles. The monoisotopic (exact) mass is 429 g/mol. The predicted octanol–water partition coefficient (Wildman–Crippen LogP) is 2.96. The number of hydrogen-bond acceptors (Lipinski definition) is 6. The van der Waals surface area contributed by atoms with Gasteiger partial charge in [0.2, 0.25) is 5.91 Å². The van der Waals surface area contributed by atoms with Crippen LogP contribution in [0.2, 0.25) is 0 Å². The molecule has 3 rings (SSSR count). The van der Waals surface area contributed by atoms with Gasteiger partial charge in [-0.2, -0.15) is 8.42 Å². The zero-order valence-corrected chi connectivity index (χ0v) is 16.3. The van der Waals surface area contributed by atoms with Crippen molar-refractivity contribution < 1.29 is 37.2 Å². The Morgan fingerprint density at radius 2 is 1.53 bits per heavy atom. The van der Waals surface area contributed by atoms with Crippen LogP contribution in [0, 0.1) is 0 Å². The summed E-state index contributed by atoms with van der Waals surface area (Å²) in [7, 11) is -4.52. The molecule has 30 heavy (non-hydrogen) atoms. The van der Waals surface area contributed by atoms with Crippen LogP contribution in [0.3, 0.4) is 0 Å². The number of carboxylic acids is 2. The van der Waals surface area contributed by atoms with E-state index >= 15 is 0 Å². The largest absolute Gasteiger partial charge is 0.478 e. The van der Waals surface area contributed by atoms with Gasteiger partial charge in [-0.15, -0.1) is 0 Å². The van der Waals surface area contributed by atoms with Gasteiger partial charge in [0, 0.05) is 12.3 Å². The first-order valence-corrected chi connectivity index (χ1v) is 9.85. The van der Waals surface area contributed by atoms with Gasteiger partial charge < -0.3 is 19.7 Å². The lowest BCUT2D eigenvalue weighted by molar-refractivity contribution is -0.114. The van der Waals surface area contributed by atoms with Gasteiger partial charge >= 0.3 is 22.1 Å². The SMILES string of the molecule is CC(=O)Nc1cccc2cccc(OS(=O)(=O)c3ccc(C(=O)O)c(C(=O)O)c3)c12. The van der Waals surface area contributed by atoms with E-state index in [4.69, 9.17) is 9.29 Å². The lowest BCUT2D eigenvalue weighted by Gasteiger charge is -2.13. The van der Waals surface area contributed by atoms with Crippen molar-refractivity contribution in [3.05, 3.63) is 65.7 Å². The molecule has 0 atom stereocenters. The maximum absolute atomic E-state index is 12.8. The minimum atomic E-state index is -4.52. The molecule has 0 fully saturated rings. The molecule has 0 saturated heterocycles. The van der Waals surface area contributed by atoms with Crippen molar-refractivity contribution in [2.45, 2.75) is 11.8 Å². The first kappa shape index (κ1) is 20.8. The smallest absolute Gasteiger partial charge is 0.339 e. The second-order valence-corrected chi connectivity index (χ2v) is 7.74. The quantitative estimate of drug-likeness (QED) is 0.507. The first-order valence-electron chi connectivity index (χ1n) is 8.44. The number of carbonyl (C=O) groups excluding carboxylic acids is 1. The Morgan fingerprint density at radius 3 is 2.13 bits per heavy atom. The summed E-state index contributed by atoms with van der Waals surface area (Å²) in [6.07, 6.45) is 0. The molecular formula is C20H15NO8S. The summed E-state index contributed by atoms with van der Waals surface area (Å²) in [5.41, 5.74) is -0.915. The fraction of sp³-hybridized carbons (Fsp3) is 0.0500. The average molecular weight is 429 g/mol. The lowest BCUT2D eigenvalue weighted by Crippen LogP contribution is -2.14. The molecule has 0 unspecified atom stereocenters. The normalized spacial score (nSPS) is 11.1. The van der Waals surface area contributed by atoms with Gasteiger partial charge in [-0.05, 0) is 35.7 Å². The molecule has 3 N–H and O–H groups in total. The van der Waals surface area contributed by atoms with Crippen LogP contribution in [0.25, 0.3) is 10.8 Å². The maximum Gasteiger partial charge on any atom is 0.339 e. The van der Waals surface area contributed by atoms with Gasteiger partial charge in [-0.1, -0.05) is 24.3 Å². The molecule has 10 heteroatoms. The summed E-state index contributed by atoms with van der Waals surface area (Å²) in [5, 5.41) is 21.8. The summed E-state index contributed by atoms with van der Waals surface area (Å²) in [6, 6.07) is 12.1. The molecule has 0 heterocycles. The number of carboxylic acid groups (broad SMARTS) is 2. The second kappa shape index (κ2) is 7.84. The average Bonchev–Trinajstić information content (AvgIpc) is 2.67. The Bertz CT molecular complexity index is 1290. The van der Waals surface area contributed by atoms with Crippen molar-refractivity contribution in [1.29, 1.82) is 0 Å². The van der Waals surface area contributed by atoms with Gasteiger partial charge in [-0.3, -0.25) is 4.79 Å². The number of carbonyl (C=O) groups is 3. The fourth-order valence-electron chi connectivity index (χ4n) is 2.88. The number of fused-ring (bicyclic) bond motifs is 1. The predicted molar refractivity (Wildman–Crippen MR) is 106 cm³/mol. The zero-order chi connectivity index (χ0) is 22.1. The minimum Gasteiger partial charge on any atom is -0.478 e. The maximum atomic E-state index is 12.8. The summed E-state index contributed by atoms with van der Waals surface area (Å²) >= 11 is 0. The molecule has 0 radical (unpaired) electrons. The molecule has 0 aliphatic carbocycles. The highest BCUT2D eigenvalue weighted by Crippen LogP contribution is 2.34. The Kier molecular flexibility index (Phi) is 5.43. The van der Waals surface area contributed by atoms with E-state index in [9.17, 15) is 27.9 Å². The third-order valence-corrected chi connectivity index (χ3v) is 5.35. The van der Waals surface area contributed by atoms with Gasteiger partial charge in [0.05, 0.1) is 16.8 Å². The van der Waals surface area contributed by atoms with Gasteiger partial charge in [0.15, 0.2) is 5.75 Å². The molecule has 0 spiro atoms.